The van der Waals surface area contributed by atoms with Gasteiger partial charge in [0.2, 0.25) is 5.91 Å². The molecule has 0 heterocycles. The van der Waals surface area contributed by atoms with Crippen molar-refractivity contribution in [1.82, 2.24) is 5.32 Å². The minimum Gasteiger partial charge on any atom is -0.368 e. The predicted octanol–water partition coefficient (Wildman–Crippen LogP) is 0.983. The zero-order valence-corrected chi connectivity index (χ0v) is 9.54. The van der Waals surface area contributed by atoms with Crippen LogP contribution >= 0.6 is 11.8 Å². The van der Waals surface area contributed by atoms with Crippen LogP contribution in [0.5, 0.6) is 0 Å². The van der Waals surface area contributed by atoms with Gasteiger partial charge in [-0.1, -0.05) is 6.92 Å². The second-order valence-corrected chi connectivity index (χ2v) is 4.86. The summed E-state index contributed by atoms with van der Waals surface area (Å²) in [6.07, 6.45) is 1.08. The molecule has 0 atom stereocenters. The Morgan fingerprint density at radius 3 is 2.62 bits per heavy atom. The molecule has 13 heavy (non-hydrogen) atoms. The zero-order valence-electron chi connectivity index (χ0n) is 8.72. The molecule has 4 heteroatoms. The molecule has 0 aliphatic rings. The van der Waals surface area contributed by atoms with Crippen molar-refractivity contribution in [3.63, 3.8) is 0 Å². The summed E-state index contributed by atoms with van der Waals surface area (Å²) < 4.78 is 0. The molecule has 0 aromatic heterocycles. The highest BCUT2D eigenvalue weighted by atomic mass is 32.2. The molecule has 0 radical (unpaired) electrons. The zero-order chi connectivity index (χ0) is 10.3. The third-order valence-corrected chi connectivity index (χ3v) is 2.84. The third kappa shape index (κ3) is 5.93. The molecule has 0 aliphatic heterocycles. The molecule has 0 rings (SSSR count). The second kappa shape index (κ2) is 6.27. The normalized spacial score (nSPS) is 11.6. The molecule has 0 spiro atoms. The van der Waals surface area contributed by atoms with Crippen molar-refractivity contribution in [1.29, 1.82) is 0 Å². The predicted molar refractivity (Wildman–Crippen MR) is 58.9 cm³/mol. The van der Waals surface area contributed by atoms with Crippen molar-refractivity contribution in [2.75, 3.05) is 18.1 Å². The first-order chi connectivity index (χ1) is 6.00. The van der Waals surface area contributed by atoms with Crippen LogP contribution in [0.25, 0.3) is 0 Å². The van der Waals surface area contributed by atoms with Crippen molar-refractivity contribution in [3.05, 3.63) is 0 Å². The Morgan fingerprint density at radius 2 is 2.15 bits per heavy atom. The SMILES string of the molecule is CCSCCCNC(C)(C)C(N)=O. The molecule has 0 fully saturated rings. The Kier molecular flexibility index (Phi) is 6.16. The van der Waals surface area contributed by atoms with E-state index in [4.69, 9.17) is 5.73 Å². The van der Waals surface area contributed by atoms with Gasteiger partial charge in [-0.25, -0.2) is 0 Å². The van der Waals surface area contributed by atoms with Crippen molar-refractivity contribution in [2.45, 2.75) is 32.7 Å². The second-order valence-electron chi connectivity index (χ2n) is 3.47. The maximum absolute atomic E-state index is 10.9. The van der Waals surface area contributed by atoms with Gasteiger partial charge < -0.3 is 11.1 Å². The highest BCUT2D eigenvalue weighted by Gasteiger charge is 2.22. The van der Waals surface area contributed by atoms with Gasteiger partial charge in [-0.2, -0.15) is 11.8 Å². The van der Waals surface area contributed by atoms with Gasteiger partial charge in [-0.05, 0) is 38.3 Å². The van der Waals surface area contributed by atoms with Crippen molar-refractivity contribution in [3.8, 4) is 0 Å². The smallest absolute Gasteiger partial charge is 0.237 e. The fourth-order valence-electron chi connectivity index (χ4n) is 0.807. The molecule has 0 saturated heterocycles. The standard InChI is InChI=1S/C9H20N2OS/c1-4-13-7-5-6-11-9(2,3)8(10)12/h11H,4-7H2,1-3H3,(H2,10,12). The van der Waals surface area contributed by atoms with Crippen LogP contribution in [0.1, 0.15) is 27.2 Å². The Morgan fingerprint density at radius 1 is 1.54 bits per heavy atom. The Labute approximate surface area is 84.8 Å². The maximum Gasteiger partial charge on any atom is 0.237 e. The van der Waals surface area contributed by atoms with Gasteiger partial charge >= 0.3 is 0 Å². The van der Waals surface area contributed by atoms with Crippen LogP contribution < -0.4 is 11.1 Å². The number of primary amides is 1. The highest BCUT2D eigenvalue weighted by Crippen LogP contribution is 2.03. The summed E-state index contributed by atoms with van der Waals surface area (Å²) in [5.74, 6) is 1.99. The lowest BCUT2D eigenvalue weighted by molar-refractivity contribution is -0.123. The van der Waals surface area contributed by atoms with Gasteiger partial charge in [0.1, 0.15) is 0 Å². The van der Waals surface area contributed by atoms with E-state index in [1.54, 1.807) is 0 Å². The number of thioether (sulfide) groups is 1. The molecule has 0 bridgehead atoms. The highest BCUT2D eigenvalue weighted by molar-refractivity contribution is 7.99. The molecule has 0 aliphatic carbocycles. The van der Waals surface area contributed by atoms with Gasteiger partial charge in [0, 0.05) is 0 Å². The van der Waals surface area contributed by atoms with E-state index in [-0.39, 0.29) is 5.91 Å². The largest absolute Gasteiger partial charge is 0.368 e. The summed E-state index contributed by atoms with van der Waals surface area (Å²) in [4.78, 5) is 10.9. The van der Waals surface area contributed by atoms with Gasteiger partial charge in [-0.3, -0.25) is 4.79 Å². The van der Waals surface area contributed by atoms with Crippen LogP contribution in [-0.4, -0.2) is 29.5 Å². The maximum atomic E-state index is 10.9. The van der Waals surface area contributed by atoms with Crippen molar-refractivity contribution in [2.24, 2.45) is 5.73 Å². The summed E-state index contributed by atoms with van der Waals surface area (Å²) in [5, 5.41) is 3.13. The number of nitrogens with two attached hydrogens (primary N) is 1. The van der Waals surface area contributed by atoms with Crippen LogP contribution in [0.3, 0.4) is 0 Å². The quantitative estimate of drug-likeness (QED) is 0.608. The van der Waals surface area contributed by atoms with E-state index in [1.807, 2.05) is 25.6 Å². The summed E-state index contributed by atoms with van der Waals surface area (Å²) in [7, 11) is 0. The number of carbonyl (C=O) groups excluding carboxylic acids is 1. The molecular formula is C9H20N2OS. The fraction of sp³-hybridized carbons (Fsp3) is 0.889. The van der Waals surface area contributed by atoms with Crippen molar-refractivity contribution >= 4 is 17.7 Å². The molecule has 1 amide bonds. The summed E-state index contributed by atoms with van der Waals surface area (Å²) in [5.41, 5.74) is 4.63. The minimum absolute atomic E-state index is 0.296. The summed E-state index contributed by atoms with van der Waals surface area (Å²) in [6.45, 7) is 6.61. The summed E-state index contributed by atoms with van der Waals surface area (Å²) >= 11 is 1.91. The lowest BCUT2D eigenvalue weighted by Crippen LogP contribution is -2.50. The van der Waals surface area contributed by atoms with Crippen LogP contribution in [-0.2, 0) is 4.79 Å². The lowest BCUT2D eigenvalue weighted by atomic mass is 10.1. The van der Waals surface area contributed by atoms with E-state index in [1.165, 1.54) is 0 Å². The Balaban J connectivity index is 3.46. The monoisotopic (exact) mass is 204 g/mol. The lowest BCUT2D eigenvalue weighted by Gasteiger charge is -2.22. The van der Waals surface area contributed by atoms with Gasteiger partial charge in [0.05, 0.1) is 5.54 Å². The fourth-order valence-corrected chi connectivity index (χ4v) is 1.44. The average molecular weight is 204 g/mol. The topological polar surface area (TPSA) is 55.1 Å². The number of nitrogens with one attached hydrogen (secondary N) is 1. The molecule has 78 valence electrons. The molecule has 0 unspecified atom stereocenters. The van der Waals surface area contributed by atoms with E-state index in [2.05, 4.69) is 12.2 Å². The number of hydrogen-bond donors (Lipinski definition) is 2. The average Bonchev–Trinajstić information content (AvgIpc) is 2.03. The molecule has 0 aromatic carbocycles. The van der Waals surface area contributed by atoms with Crippen LogP contribution in [0.2, 0.25) is 0 Å². The van der Waals surface area contributed by atoms with Crippen LogP contribution in [0.4, 0.5) is 0 Å². The first-order valence-corrected chi connectivity index (χ1v) is 5.79. The van der Waals surface area contributed by atoms with E-state index < -0.39 is 5.54 Å². The first kappa shape index (κ1) is 12.8. The number of hydrogen-bond acceptors (Lipinski definition) is 3. The third-order valence-electron chi connectivity index (χ3n) is 1.85. The minimum atomic E-state index is -0.573. The first-order valence-electron chi connectivity index (χ1n) is 4.63. The molecule has 0 saturated carbocycles. The number of carbonyl (C=O) groups is 1. The van der Waals surface area contributed by atoms with Crippen LogP contribution in [0, 0.1) is 0 Å². The molecule has 3 nitrogen and oxygen atoms in total. The van der Waals surface area contributed by atoms with E-state index >= 15 is 0 Å². The van der Waals surface area contributed by atoms with E-state index in [0.29, 0.717) is 0 Å². The van der Waals surface area contributed by atoms with Gasteiger partial charge in [0.15, 0.2) is 0 Å². The Hall–Kier alpha value is -0.220. The molecule has 3 N–H and O–H groups in total. The van der Waals surface area contributed by atoms with Gasteiger partial charge in [-0.15, -0.1) is 0 Å². The summed E-state index contributed by atoms with van der Waals surface area (Å²) in [6, 6.07) is 0. The molecule has 0 aromatic rings. The Bertz CT molecular complexity index is 160. The van der Waals surface area contributed by atoms with Crippen LogP contribution in [0.15, 0.2) is 0 Å². The number of rotatable bonds is 7. The van der Waals surface area contributed by atoms with Crippen molar-refractivity contribution < 1.29 is 4.79 Å². The van der Waals surface area contributed by atoms with Gasteiger partial charge in [0.25, 0.3) is 0 Å². The van der Waals surface area contributed by atoms with E-state index in [0.717, 1.165) is 24.5 Å². The molecular weight excluding hydrogens is 184 g/mol. The van der Waals surface area contributed by atoms with E-state index in [9.17, 15) is 4.79 Å². The number of amides is 1.